The van der Waals surface area contributed by atoms with Crippen LogP contribution in [0.5, 0.6) is 0 Å². The first-order valence-electron chi connectivity index (χ1n) is 6.16. The van der Waals surface area contributed by atoms with Gasteiger partial charge in [0.05, 0.1) is 0 Å². The van der Waals surface area contributed by atoms with Gasteiger partial charge in [0, 0.05) is 5.33 Å². The zero-order valence-corrected chi connectivity index (χ0v) is 11.5. The highest BCUT2D eigenvalue weighted by molar-refractivity contribution is 9.09. The Morgan fingerprint density at radius 2 is 2.00 bits per heavy atom. The van der Waals surface area contributed by atoms with E-state index in [-0.39, 0.29) is 0 Å². The highest BCUT2D eigenvalue weighted by Crippen LogP contribution is 2.25. The second-order valence-electron chi connectivity index (χ2n) is 4.56. The fourth-order valence-corrected chi connectivity index (χ4v) is 2.60. The van der Waals surface area contributed by atoms with E-state index in [0.29, 0.717) is 0 Å². The second-order valence-corrected chi connectivity index (χ2v) is 5.35. The molecule has 0 radical (unpaired) electrons. The predicted octanol–water partition coefficient (Wildman–Crippen LogP) is 4.75. The Morgan fingerprint density at radius 3 is 2.75 bits per heavy atom. The van der Waals surface area contributed by atoms with Crippen LogP contribution in [0.3, 0.4) is 0 Å². The van der Waals surface area contributed by atoms with Crippen molar-refractivity contribution in [3.63, 3.8) is 0 Å². The Balaban J connectivity index is 2.22. The van der Waals surface area contributed by atoms with Gasteiger partial charge in [0.25, 0.3) is 0 Å². The summed E-state index contributed by atoms with van der Waals surface area (Å²) in [7, 11) is 0. The molecule has 1 aliphatic carbocycles. The summed E-state index contributed by atoms with van der Waals surface area (Å²) in [6.45, 7) is 2.22. The Bertz CT molecular complexity index is 390. The number of hydrogen-bond acceptors (Lipinski definition) is 0. The fraction of sp³-hybridized carbons (Fsp3) is 0.467. The van der Waals surface area contributed by atoms with Gasteiger partial charge in [-0.05, 0) is 61.3 Å². The van der Waals surface area contributed by atoms with E-state index in [0.717, 1.165) is 11.8 Å². The zero-order valence-electron chi connectivity index (χ0n) is 9.93. The number of aryl methyl sites for hydroxylation is 2. The van der Waals surface area contributed by atoms with E-state index in [4.69, 9.17) is 0 Å². The molecule has 16 heavy (non-hydrogen) atoms. The first-order valence-corrected chi connectivity index (χ1v) is 7.28. The van der Waals surface area contributed by atoms with Crippen LogP contribution in [0.25, 0.3) is 5.57 Å². The lowest BCUT2D eigenvalue weighted by atomic mass is 9.89. The van der Waals surface area contributed by atoms with Gasteiger partial charge in [-0.25, -0.2) is 0 Å². The Labute approximate surface area is 107 Å². The van der Waals surface area contributed by atoms with Gasteiger partial charge in [-0.2, -0.15) is 0 Å². The topological polar surface area (TPSA) is 0 Å². The fourth-order valence-electron chi connectivity index (χ4n) is 2.37. The molecule has 0 aromatic heterocycles. The van der Waals surface area contributed by atoms with Crippen LogP contribution in [0.1, 0.15) is 42.9 Å². The van der Waals surface area contributed by atoms with E-state index >= 15 is 0 Å². The lowest BCUT2D eigenvalue weighted by Gasteiger charge is -2.16. The molecule has 2 rings (SSSR count). The van der Waals surface area contributed by atoms with Gasteiger partial charge in [0.15, 0.2) is 0 Å². The van der Waals surface area contributed by atoms with Crippen molar-refractivity contribution in [2.75, 3.05) is 5.33 Å². The van der Waals surface area contributed by atoms with E-state index < -0.39 is 0 Å². The molecular weight excluding hydrogens is 260 g/mol. The zero-order chi connectivity index (χ0) is 11.4. The van der Waals surface area contributed by atoms with Crippen molar-refractivity contribution < 1.29 is 0 Å². The first kappa shape index (κ1) is 11.9. The molecule has 1 heteroatoms. The van der Waals surface area contributed by atoms with Crippen molar-refractivity contribution in [1.82, 2.24) is 0 Å². The van der Waals surface area contributed by atoms with Crippen LogP contribution in [0.15, 0.2) is 24.3 Å². The Hall–Kier alpha value is -0.560. The summed E-state index contributed by atoms with van der Waals surface area (Å²) < 4.78 is 0. The van der Waals surface area contributed by atoms with Crippen LogP contribution >= 0.6 is 15.9 Å². The predicted molar refractivity (Wildman–Crippen MR) is 75.1 cm³/mol. The summed E-state index contributed by atoms with van der Waals surface area (Å²) in [5.41, 5.74) is 5.97. The minimum absolute atomic E-state index is 1.05. The molecule has 0 bridgehead atoms. The molecule has 1 aromatic rings. The molecule has 0 unspecified atom stereocenters. The molecule has 0 saturated heterocycles. The van der Waals surface area contributed by atoms with E-state index in [2.05, 4.69) is 47.1 Å². The molecule has 1 aliphatic rings. The molecule has 0 fully saturated rings. The summed E-state index contributed by atoms with van der Waals surface area (Å²) in [5.74, 6) is 0. The summed E-state index contributed by atoms with van der Waals surface area (Å²) in [5, 5.41) is 1.05. The molecule has 86 valence electrons. The van der Waals surface area contributed by atoms with Gasteiger partial charge in [-0.15, -0.1) is 0 Å². The normalized spacial score (nSPS) is 16.0. The van der Waals surface area contributed by atoms with Crippen LogP contribution in [0, 0.1) is 0 Å². The van der Waals surface area contributed by atoms with Crippen molar-refractivity contribution >= 4 is 21.5 Å². The van der Waals surface area contributed by atoms with Crippen molar-refractivity contribution in [2.45, 2.75) is 39.0 Å². The number of alkyl halides is 1. The lowest BCUT2D eigenvalue weighted by Crippen LogP contribution is -2.02. The number of benzene rings is 1. The molecule has 0 saturated carbocycles. The second kappa shape index (κ2) is 5.67. The average molecular weight is 279 g/mol. The number of halogens is 1. The highest BCUT2D eigenvalue weighted by Gasteiger charge is 2.09. The van der Waals surface area contributed by atoms with E-state index in [1.54, 1.807) is 11.1 Å². The SMILES string of the molecule is C/C(=C\CCBr)c1ccc2c(c1)CCCC2. The summed E-state index contributed by atoms with van der Waals surface area (Å²) in [4.78, 5) is 0. The minimum atomic E-state index is 1.05. The molecule has 0 N–H and O–H groups in total. The van der Waals surface area contributed by atoms with Crippen LogP contribution in [0.2, 0.25) is 0 Å². The van der Waals surface area contributed by atoms with E-state index in [1.165, 1.54) is 36.8 Å². The maximum Gasteiger partial charge on any atom is 0.00661 e. The smallest absolute Gasteiger partial charge is 0.00661 e. The molecule has 0 nitrogen and oxygen atoms in total. The maximum absolute atomic E-state index is 3.47. The van der Waals surface area contributed by atoms with Crippen molar-refractivity contribution in [3.8, 4) is 0 Å². The lowest BCUT2D eigenvalue weighted by molar-refractivity contribution is 0.685. The summed E-state index contributed by atoms with van der Waals surface area (Å²) in [6.07, 6.45) is 8.71. The molecule has 1 aromatic carbocycles. The molecular formula is C15H19Br. The number of fused-ring (bicyclic) bond motifs is 1. The summed E-state index contributed by atoms with van der Waals surface area (Å²) in [6, 6.07) is 7.01. The third-order valence-corrected chi connectivity index (χ3v) is 3.82. The van der Waals surface area contributed by atoms with Gasteiger partial charge < -0.3 is 0 Å². The van der Waals surface area contributed by atoms with Crippen molar-refractivity contribution in [3.05, 3.63) is 41.0 Å². The molecule has 0 aliphatic heterocycles. The molecule has 0 atom stereocenters. The number of hydrogen-bond donors (Lipinski definition) is 0. The molecule has 0 amide bonds. The average Bonchev–Trinajstić information content (AvgIpc) is 2.35. The van der Waals surface area contributed by atoms with E-state index in [9.17, 15) is 0 Å². The Morgan fingerprint density at radius 1 is 1.25 bits per heavy atom. The number of rotatable bonds is 3. The van der Waals surface area contributed by atoms with Gasteiger partial charge in [0.1, 0.15) is 0 Å². The standard InChI is InChI=1S/C15H19Br/c1-12(5-4-10-16)14-9-8-13-6-2-3-7-15(13)11-14/h5,8-9,11H,2-4,6-7,10H2,1H3/b12-5+. The van der Waals surface area contributed by atoms with E-state index in [1.807, 2.05) is 0 Å². The van der Waals surface area contributed by atoms with Crippen LogP contribution in [-0.2, 0) is 12.8 Å². The van der Waals surface area contributed by atoms with Crippen molar-refractivity contribution in [2.24, 2.45) is 0 Å². The third-order valence-electron chi connectivity index (χ3n) is 3.36. The highest BCUT2D eigenvalue weighted by atomic mass is 79.9. The third kappa shape index (κ3) is 2.76. The van der Waals surface area contributed by atoms with Gasteiger partial charge in [0.2, 0.25) is 0 Å². The van der Waals surface area contributed by atoms with Crippen molar-refractivity contribution in [1.29, 1.82) is 0 Å². The molecule has 0 heterocycles. The van der Waals surface area contributed by atoms with Gasteiger partial charge in [-0.3, -0.25) is 0 Å². The first-order chi connectivity index (χ1) is 7.81. The van der Waals surface area contributed by atoms with Gasteiger partial charge in [-0.1, -0.05) is 40.2 Å². The van der Waals surface area contributed by atoms with Gasteiger partial charge >= 0.3 is 0 Å². The van der Waals surface area contributed by atoms with Crippen LogP contribution < -0.4 is 0 Å². The molecule has 0 spiro atoms. The Kier molecular flexibility index (Phi) is 4.22. The maximum atomic E-state index is 3.47. The monoisotopic (exact) mass is 278 g/mol. The van der Waals surface area contributed by atoms with Crippen LogP contribution in [-0.4, -0.2) is 5.33 Å². The quantitative estimate of drug-likeness (QED) is 0.700. The number of allylic oxidation sites excluding steroid dienone is 2. The largest absolute Gasteiger partial charge is 0.0925 e. The van der Waals surface area contributed by atoms with Crippen LogP contribution in [0.4, 0.5) is 0 Å². The minimum Gasteiger partial charge on any atom is -0.0925 e. The summed E-state index contributed by atoms with van der Waals surface area (Å²) >= 11 is 3.47.